The van der Waals surface area contributed by atoms with Gasteiger partial charge in [0, 0.05) is 0 Å². The van der Waals surface area contributed by atoms with Crippen LogP contribution in [0.1, 0.15) is 76.7 Å². The van der Waals surface area contributed by atoms with Gasteiger partial charge in [0.25, 0.3) is 10.1 Å². The summed E-state index contributed by atoms with van der Waals surface area (Å²) in [5.74, 6) is -0.0667. The first kappa shape index (κ1) is 28.6. The van der Waals surface area contributed by atoms with Gasteiger partial charge in [0.15, 0.2) is 0 Å². The first-order chi connectivity index (χ1) is 14.4. The number of ether oxygens (including phenoxy) is 1. The van der Waals surface area contributed by atoms with Crippen LogP contribution < -0.4 is 61.2 Å². The van der Waals surface area contributed by atoms with Gasteiger partial charge in [-0.1, -0.05) is 82.6 Å². The SMILES string of the molecule is CCCCCCCCCCCCc1ccc(Oc2ccc(S(=O)(=O)O)cc2[O-])cc1.[K+]. The van der Waals surface area contributed by atoms with E-state index in [9.17, 15) is 13.5 Å². The Labute approximate surface area is 229 Å². The number of unbranched alkanes of at least 4 members (excludes halogenated alkanes) is 9. The second-order valence-corrected chi connectivity index (χ2v) is 9.18. The Balaban J connectivity index is 0.00000480. The van der Waals surface area contributed by atoms with E-state index in [0.717, 1.165) is 25.0 Å². The molecule has 7 heteroatoms. The number of rotatable bonds is 14. The van der Waals surface area contributed by atoms with Crippen LogP contribution in [0.5, 0.6) is 17.2 Å². The molecular weight excluding hydrogens is 439 g/mol. The van der Waals surface area contributed by atoms with Crippen molar-refractivity contribution in [3.8, 4) is 17.2 Å². The normalized spacial score (nSPS) is 11.2. The Morgan fingerprint density at radius 3 is 1.90 bits per heavy atom. The minimum Gasteiger partial charge on any atom is -0.870 e. The summed E-state index contributed by atoms with van der Waals surface area (Å²) < 4.78 is 36.7. The van der Waals surface area contributed by atoms with Gasteiger partial charge in [0.2, 0.25) is 0 Å². The van der Waals surface area contributed by atoms with Crippen molar-refractivity contribution in [3.05, 3.63) is 48.0 Å². The Kier molecular flexibility index (Phi) is 14.2. The molecule has 2 rings (SSSR count). The molecule has 0 aliphatic rings. The molecule has 0 spiro atoms. The van der Waals surface area contributed by atoms with Crippen molar-refractivity contribution in [2.24, 2.45) is 0 Å². The molecule has 0 heterocycles. The third-order valence-electron chi connectivity index (χ3n) is 5.18. The maximum Gasteiger partial charge on any atom is 1.00 e. The molecule has 0 unspecified atom stereocenters. The molecule has 0 bridgehead atoms. The zero-order valence-corrected chi connectivity index (χ0v) is 22.7. The quantitative estimate of drug-likeness (QED) is 0.259. The van der Waals surface area contributed by atoms with E-state index in [0.29, 0.717) is 5.75 Å². The number of benzene rings is 2. The van der Waals surface area contributed by atoms with Gasteiger partial charge in [-0.25, -0.2) is 0 Å². The van der Waals surface area contributed by atoms with Gasteiger partial charge in [0.1, 0.15) is 11.5 Å². The van der Waals surface area contributed by atoms with Crippen LogP contribution in [0.15, 0.2) is 47.4 Å². The van der Waals surface area contributed by atoms with Crippen molar-refractivity contribution < 1.29 is 74.2 Å². The van der Waals surface area contributed by atoms with E-state index in [-0.39, 0.29) is 57.1 Å². The number of hydrogen-bond acceptors (Lipinski definition) is 4. The van der Waals surface area contributed by atoms with Crippen LogP contribution in [-0.2, 0) is 16.5 Å². The van der Waals surface area contributed by atoms with Crippen LogP contribution in [0, 0.1) is 0 Å². The molecule has 5 nitrogen and oxygen atoms in total. The predicted octanol–water partition coefficient (Wildman–Crippen LogP) is 3.27. The third-order valence-corrected chi connectivity index (χ3v) is 6.03. The predicted molar refractivity (Wildman–Crippen MR) is 118 cm³/mol. The summed E-state index contributed by atoms with van der Waals surface area (Å²) in [4.78, 5) is -0.438. The van der Waals surface area contributed by atoms with Crippen LogP contribution in [0.25, 0.3) is 0 Å². The Bertz CT molecular complexity index is 866. The average Bonchev–Trinajstić information content (AvgIpc) is 2.71. The molecule has 0 saturated heterocycles. The second kappa shape index (κ2) is 15.4. The average molecular weight is 473 g/mol. The zero-order valence-electron chi connectivity index (χ0n) is 18.8. The first-order valence-electron chi connectivity index (χ1n) is 11.0. The van der Waals surface area contributed by atoms with Crippen molar-refractivity contribution in [2.75, 3.05) is 0 Å². The van der Waals surface area contributed by atoms with E-state index in [1.807, 2.05) is 24.3 Å². The van der Waals surface area contributed by atoms with E-state index >= 15 is 0 Å². The van der Waals surface area contributed by atoms with Gasteiger partial charge < -0.3 is 9.84 Å². The summed E-state index contributed by atoms with van der Waals surface area (Å²) in [6.07, 6.45) is 14.2. The van der Waals surface area contributed by atoms with Crippen molar-refractivity contribution in [1.29, 1.82) is 0 Å². The monoisotopic (exact) mass is 472 g/mol. The fraction of sp³-hybridized carbons (Fsp3) is 0.500. The van der Waals surface area contributed by atoms with E-state index < -0.39 is 20.8 Å². The maximum atomic E-state index is 12.0. The Morgan fingerprint density at radius 1 is 0.839 bits per heavy atom. The molecule has 0 aromatic heterocycles. The molecule has 0 aliphatic heterocycles. The fourth-order valence-corrected chi connectivity index (χ4v) is 3.90. The second-order valence-electron chi connectivity index (χ2n) is 7.76. The van der Waals surface area contributed by atoms with Crippen LogP contribution in [0.4, 0.5) is 0 Å². The summed E-state index contributed by atoms with van der Waals surface area (Å²) in [6, 6.07) is 10.8. The number of aryl methyl sites for hydroxylation is 1. The van der Waals surface area contributed by atoms with Crippen LogP contribution in [0.2, 0.25) is 0 Å². The third kappa shape index (κ3) is 11.3. The van der Waals surface area contributed by atoms with Gasteiger partial charge in [-0.15, -0.1) is 0 Å². The molecular formula is C24H33KO5S. The summed E-state index contributed by atoms with van der Waals surface area (Å²) >= 11 is 0. The minimum absolute atomic E-state index is 0. The van der Waals surface area contributed by atoms with Gasteiger partial charge in [-0.05, 0) is 48.7 Å². The van der Waals surface area contributed by atoms with Gasteiger partial charge >= 0.3 is 51.4 Å². The molecule has 0 aliphatic carbocycles. The van der Waals surface area contributed by atoms with Crippen molar-refractivity contribution >= 4 is 10.1 Å². The molecule has 0 fully saturated rings. The molecule has 0 atom stereocenters. The molecule has 166 valence electrons. The van der Waals surface area contributed by atoms with Crippen molar-refractivity contribution in [3.63, 3.8) is 0 Å². The van der Waals surface area contributed by atoms with Crippen LogP contribution in [-0.4, -0.2) is 13.0 Å². The molecule has 0 saturated carbocycles. The van der Waals surface area contributed by atoms with Crippen molar-refractivity contribution in [2.45, 2.75) is 82.4 Å². The zero-order chi connectivity index (χ0) is 21.8. The summed E-state index contributed by atoms with van der Waals surface area (Å²) in [7, 11) is -4.40. The van der Waals surface area contributed by atoms with Crippen LogP contribution >= 0.6 is 0 Å². The first-order valence-corrected chi connectivity index (χ1v) is 12.4. The Hall–Kier alpha value is -0.414. The van der Waals surface area contributed by atoms with Crippen molar-refractivity contribution in [1.82, 2.24) is 0 Å². The minimum atomic E-state index is -4.40. The van der Waals surface area contributed by atoms with E-state index in [1.165, 1.54) is 69.4 Å². The van der Waals surface area contributed by atoms with E-state index in [1.54, 1.807) is 0 Å². The van der Waals surface area contributed by atoms with Crippen LogP contribution in [0.3, 0.4) is 0 Å². The molecule has 2 aromatic rings. The molecule has 0 amide bonds. The molecule has 2 aromatic carbocycles. The maximum absolute atomic E-state index is 12.0. The number of hydrogen-bond donors (Lipinski definition) is 1. The summed E-state index contributed by atoms with van der Waals surface area (Å²) in [5, 5.41) is 12.0. The van der Waals surface area contributed by atoms with E-state index in [4.69, 9.17) is 9.29 Å². The largest absolute Gasteiger partial charge is 1.00 e. The standard InChI is InChI=1S/C24H34O5S.K/c1-2-3-4-5-6-7-8-9-10-11-12-20-13-15-21(16-14-20)29-24-18-17-22(19-23(24)25)30(26,27)28;/h13-19,25H,2-12H2,1H3,(H,26,27,28);/q;+1/p-1. The fourth-order valence-electron chi connectivity index (χ4n) is 3.40. The molecule has 1 N–H and O–H groups in total. The topological polar surface area (TPSA) is 86.7 Å². The summed E-state index contributed by atoms with van der Waals surface area (Å²) in [5.41, 5.74) is 1.23. The summed E-state index contributed by atoms with van der Waals surface area (Å²) in [6.45, 7) is 2.25. The van der Waals surface area contributed by atoms with Gasteiger partial charge in [-0.3, -0.25) is 4.55 Å². The molecule has 0 radical (unpaired) electrons. The Morgan fingerprint density at radius 2 is 1.39 bits per heavy atom. The molecule has 31 heavy (non-hydrogen) atoms. The van der Waals surface area contributed by atoms with Gasteiger partial charge in [-0.2, -0.15) is 8.42 Å². The van der Waals surface area contributed by atoms with E-state index in [2.05, 4.69) is 6.92 Å². The smallest absolute Gasteiger partial charge is 0.870 e. The van der Waals surface area contributed by atoms with Gasteiger partial charge in [0.05, 0.1) is 4.90 Å².